The van der Waals surface area contributed by atoms with E-state index in [2.05, 4.69) is 0 Å². The van der Waals surface area contributed by atoms with Crippen molar-refractivity contribution in [3.63, 3.8) is 0 Å². The second-order valence-corrected chi connectivity index (χ2v) is 7.07. The van der Waals surface area contributed by atoms with E-state index >= 15 is 0 Å². The molecule has 0 amide bonds. The van der Waals surface area contributed by atoms with Crippen LogP contribution < -0.4 is 4.31 Å². The highest BCUT2D eigenvalue weighted by Crippen LogP contribution is 2.44. The third-order valence-corrected chi connectivity index (χ3v) is 5.63. The number of fused-ring (bicyclic) bond motifs is 1. The number of aliphatic carboxylic acids is 1. The van der Waals surface area contributed by atoms with E-state index in [9.17, 15) is 18.3 Å². The van der Waals surface area contributed by atoms with Crippen LogP contribution in [-0.2, 0) is 14.8 Å². The van der Waals surface area contributed by atoms with Gasteiger partial charge in [0.2, 0.25) is 0 Å². The van der Waals surface area contributed by atoms with Crippen molar-refractivity contribution in [2.45, 2.75) is 24.3 Å². The maximum atomic E-state index is 12.8. The number of benzene rings is 2. The van der Waals surface area contributed by atoms with Gasteiger partial charge in [0.1, 0.15) is 0 Å². The Balaban J connectivity index is 2.22. The Hall–Kier alpha value is -2.34. The molecular weight excluding hydrogens is 302 g/mol. The van der Waals surface area contributed by atoms with Crippen molar-refractivity contribution in [2.75, 3.05) is 4.31 Å². The Morgan fingerprint density at radius 2 is 1.86 bits per heavy atom. The zero-order valence-corrected chi connectivity index (χ0v) is 12.7. The van der Waals surface area contributed by atoms with Gasteiger partial charge in [0.05, 0.1) is 23.0 Å². The van der Waals surface area contributed by atoms with Crippen LogP contribution in [0.4, 0.5) is 5.69 Å². The second kappa shape index (κ2) is 5.14. The molecule has 114 valence electrons. The quantitative estimate of drug-likeness (QED) is 0.944. The Morgan fingerprint density at radius 1 is 1.18 bits per heavy atom. The Bertz CT molecular complexity index is 830. The summed E-state index contributed by atoms with van der Waals surface area (Å²) in [7, 11) is -3.74. The molecule has 0 aliphatic carbocycles. The predicted octanol–water partition coefficient (Wildman–Crippen LogP) is 2.72. The number of hydrogen-bond acceptors (Lipinski definition) is 3. The molecule has 1 unspecified atom stereocenters. The van der Waals surface area contributed by atoms with Crippen LogP contribution in [-0.4, -0.2) is 19.5 Å². The molecule has 0 radical (unpaired) electrons. The average Bonchev–Trinajstić information content (AvgIpc) is 2.66. The molecule has 1 heterocycles. The van der Waals surface area contributed by atoms with Crippen LogP contribution in [0.3, 0.4) is 0 Å². The SMILES string of the molecule is Cc1ccc2c(c1)C(CC(=O)O)N(c1ccccc1)S2(=O)=O. The number of carbonyl (C=O) groups is 1. The first kappa shape index (κ1) is 14.6. The van der Waals surface area contributed by atoms with E-state index in [1.54, 1.807) is 48.5 Å². The van der Waals surface area contributed by atoms with Crippen LogP contribution in [0.25, 0.3) is 0 Å². The summed E-state index contributed by atoms with van der Waals surface area (Å²) in [4.78, 5) is 11.4. The highest BCUT2D eigenvalue weighted by atomic mass is 32.2. The summed E-state index contributed by atoms with van der Waals surface area (Å²) < 4.78 is 26.9. The molecule has 1 atom stereocenters. The number of hydrogen-bond donors (Lipinski definition) is 1. The summed E-state index contributed by atoms with van der Waals surface area (Å²) in [5.41, 5.74) is 1.92. The molecular formula is C16H15NO4S. The maximum Gasteiger partial charge on any atom is 0.305 e. The zero-order chi connectivity index (χ0) is 15.9. The van der Waals surface area contributed by atoms with Crippen LogP contribution in [0.5, 0.6) is 0 Å². The van der Waals surface area contributed by atoms with Crippen molar-refractivity contribution in [3.05, 3.63) is 59.7 Å². The van der Waals surface area contributed by atoms with Gasteiger partial charge in [0.25, 0.3) is 10.0 Å². The molecule has 0 fully saturated rings. The molecule has 0 saturated carbocycles. The lowest BCUT2D eigenvalue weighted by molar-refractivity contribution is -0.137. The lowest BCUT2D eigenvalue weighted by Gasteiger charge is -2.24. The Labute approximate surface area is 128 Å². The fourth-order valence-corrected chi connectivity index (χ4v) is 4.68. The summed E-state index contributed by atoms with van der Waals surface area (Å²) >= 11 is 0. The molecule has 3 rings (SSSR count). The van der Waals surface area contributed by atoms with E-state index in [-0.39, 0.29) is 11.3 Å². The molecule has 0 saturated heterocycles. The first-order valence-corrected chi connectivity index (χ1v) is 8.27. The van der Waals surface area contributed by atoms with E-state index < -0.39 is 22.0 Å². The standard InChI is InChI=1S/C16H15NO4S/c1-11-7-8-15-13(9-11)14(10-16(18)19)17(22(15,20)21)12-5-3-2-4-6-12/h2-9,14H,10H2,1H3,(H,18,19). The molecule has 0 spiro atoms. The van der Waals surface area contributed by atoms with Crippen molar-refractivity contribution >= 4 is 21.7 Å². The lowest BCUT2D eigenvalue weighted by Crippen LogP contribution is -2.29. The van der Waals surface area contributed by atoms with Gasteiger partial charge in [-0.2, -0.15) is 0 Å². The van der Waals surface area contributed by atoms with Gasteiger partial charge in [-0.25, -0.2) is 8.42 Å². The molecule has 2 aromatic carbocycles. The lowest BCUT2D eigenvalue weighted by atomic mass is 10.0. The molecule has 1 aliphatic rings. The monoisotopic (exact) mass is 317 g/mol. The minimum absolute atomic E-state index is 0.188. The number of carboxylic acid groups (broad SMARTS) is 1. The summed E-state index contributed by atoms with van der Waals surface area (Å²) in [6.45, 7) is 1.86. The first-order chi connectivity index (χ1) is 10.4. The van der Waals surface area contributed by atoms with Gasteiger partial charge in [-0.1, -0.05) is 35.9 Å². The zero-order valence-electron chi connectivity index (χ0n) is 11.9. The van der Waals surface area contributed by atoms with Gasteiger partial charge in [0, 0.05) is 0 Å². The normalized spacial score (nSPS) is 19.0. The van der Waals surface area contributed by atoms with Crippen LogP contribution in [0.2, 0.25) is 0 Å². The van der Waals surface area contributed by atoms with Crippen molar-refractivity contribution < 1.29 is 18.3 Å². The first-order valence-electron chi connectivity index (χ1n) is 6.83. The van der Waals surface area contributed by atoms with E-state index in [0.717, 1.165) is 5.56 Å². The summed E-state index contributed by atoms with van der Waals surface area (Å²) in [6, 6.07) is 12.9. The molecule has 2 aromatic rings. The smallest absolute Gasteiger partial charge is 0.305 e. The number of aryl methyl sites for hydroxylation is 1. The largest absolute Gasteiger partial charge is 0.481 e. The average molecular weight is 317 g/mol. The van der Waals surface area contributed by atoms with Crippen LogP contribution in [0.15, 0.2) is 53.4 Å². The minimum Gasteiger partial charge on any atom is -0.481 e. The summed E-state index contributed by atoms with van der Waals surface area (Å²) in [5.74, 6) is -1.03. The van der Waals surface area contributed by atoms with Crippen LogP contribution >= 0.6 is 0 Å². The van der Waals surface area contributed by atoms with E-state index in [0.29, 0.717) is 11.3 Å². The van der Waals surface area contributed by atoms with Gasteiger partial charge in [-0.05, 0) is 30.7 Å². The molecule has 1 N–H and O–H groups in total. The Morgan fingerprint density at radius 3 is 2.50 bits per heavy atom. The van der Waals surface area contributed by atoms with E-state index in [4.69, 9.17) is 0 Å². The fraction of sp³-hybridized carbons (Fsp3) is 0.188. The van der Waals surface area contributed by atoms with Crippen molar-refractivity contribution in [1.29, 1.82) is 0 Å². The fourth-order valence-electron chi connectivity index (χ4n) is 2.81. The molecule has 1 aliphatic heterocycles. The number of nitrogens with zero attached hydrogens (tertiary/aromatic N) is 1. The van der Waals surface area contributed by atoms with Crippen molar-refractivity contribution in [2.24, 2.45) is 0 Å². The second-order valence-electron chi connectivity index (χ2n) is 5.29. The summed E-state index contributed by atoms with van der Waals surface area (Å²) in [5, 5.41) is 9.18. The van der Waals surface area contributed by atoms with Crippen molar-refractivity contribution in [3.8, 4) is 0 Å². The van der Waals surface area contributed by atoms with E-state index in [1.807, 2.05) is 6.92 Å². The molecule has 5 nitrogen and oxygen atoms in total. The number of sulfonamides is 1. The van der Waals surface area contributed by atoms with Gasteiger partial charge in [-0.3, -0.25) is 9.10 Å². The number of rotatable bonds is 3. The molecule has 0 bridgehead atoms. The Kier molecular flexibility index (Phi) is 3.41. The third-order valence-electron chi connectivity index (χ3n) is 3.72. The van der Waals surface area contributed by atoms with Gasteiger partial charge in [-0.15, -0.1) is 0 Å². The topological polar surface area (TPSA) is 74.7 Å². The van der Waals surface area contributed by atoms with Gasteiger partial charge < -0.3 is 5.11 Å². The molecule has 22 heavy (non-hydrogen) atoms. The third kappa shape index (κ3) is 2.25. The summed E-state index contributed by atoms with van der Waals surface area (Å²) in [6.07, 6.45) is -0.273. The highest BCUT2D eigenvalue weighted by molar-refractivity contribution is 7.93. The van der Waals surface area contributed by atoms with Gasteiger partial charge in [0.15, 0.2) is 0 Å². The van der Waals surface area contributed by atoms with Crippen LogP contribution in [0.1, 0.15) is 23.6 Å². The molecule has 6 heteroatoms. The van der Waals surface area contributed by atoms with E-state index in [1.165, 1.54) is 4.31 Å². The number of para-hydroxylation sites is 1. The maximum absolute atomic E-state index is 12.8. The van der Waals surface area contributed by atoms with Crippen LogP contribution in [0, 0.1) is 6.92 Å². The minimum atomic E-state index is -3.74. The van der Waals surface area contributed by atoms with Crippen molar-refractivity contribution in [1.82, 2.24) is 0 Å². The predicted molar refractivity (Wildman–Crippen MR) is 82.3 cm³/mol. The highest BCUT2D eigenvalue weighted by Gasteiger charge is 2.43. The van der Waals surface area contributed by atoms with Gasteiger partial charge >= 0.3 is 5.97 Å². The number of carboxylic acids is 1. The molecule has 0 aromatic heterocycles. The number of anilines is 1.